The Balaban J connectivity index is 2.00. The van der Waals surface area contributed by atoms with Crippen LogP contribution in [0.15, 0.2) is 48.5 Å². The Labute approximate surface area is 147 Å². The predicted molar refractivity (Wildman–Crippen MR) is 105 cm³/mol. The summed E-state index contributed by atoms with van der Waals surface area (Å²) in [6.45, 7) is 4.39. The highest BCUT2D eigenvalue weighted by molar-refractivity contribution is 5.65. The zero-order chi connectivity index (χ0) is 17.0. The number of hydrogen-bond donors (Lipinski definition) is 0. The molecule has 0 saturated heterocycles. The van der Waals surface area contributed by atoms with Gasteiger partial charge in [-0.3, -0.25) is 0 Å². The van der Waals surface area contributed by atoms with Crippen molar-refractivity contribution < 1.29 is 0 Å². The third-order valence-corrected chi connectivity index (χ3v) is 3.88. The van der Waals surface area contributed by atoms with E-state index in [9.17, 15) is 0 Å². The molecule has 0 unspecified atom stereocenters. The summed E-state index contributed by atoms with van der Waals surface area (Å²) in [5.74, 6) is 12.9. The van der Waals surface area contributed by atoms with Gasteiger partial charge in [0.15, 0.2) is 0 Å². The summed E-state index contributed by atoms with van der Waals surface area (Å²) < 4.78 is 0. The molecule has 0 bridgehead atoms. The van der Waals surface area contributed by atoms with Gasteiger partial charge in [0, 0.05) is 24.0 Å². The van der Waals surface area contributed by atoms with Crippen molar-refractivity contribution in [3.05, 3.63) is 59.7 Å². The van der Waals surface area contributed by atoms with E-state index in [1.54, 1.807) is 0 Å². The molecule has 0 heterocycles. The topological polar surface area (TPSA) is 0 Å². The highest BCUT2D eigenvalue weighted by Gasteiger charge is 1.97. The van der Waals surface area contributed by atoms with Crippen LogP contribution < -0.4 is 0 Å². The van der Waals surface area contributed by atoms with Crippen LogP contribution in [0.4, 0.5) is 0 Å². The fourth-order valence-electron chi connectivity index (χ4n) is 2.35. The molecule has 2 aromatic carbocycles. The van der Waals surface area contributed by atoms with Crippen LogP contribution in [0.2, 0.25) is 0 Å². The molecule has 2 rings (SSSR count). The van der Waals surface area contributed by atoms with Crippen molar-refractivity contribution in [1.82, 2.24) is 0 Å². The van der Waals surface area contributed by atoms with Gasteiger partial charge in [-0.05, 0) is 48.2 Å². The Bertz CT molecular complexity index is 658. The Morgan fingerprint density at radius 3 is 1.29 bits per heavy atom. The fourth-order valence-corrected chi connectivity index (χ4v) is 2.35. The van der Waals surface area contributed by atoms with Crippen LogP contribution in [0.25, 0.3) is 11.1 Å². The second-order valence-corrected chi connectivity index (χ2v) is 5.97. The van der Waals surface area contributed by atoms with Crippen molar-refractivity contribution in [3.8, 4) is 34.8 Å². The first-order valence-electron chi connectivity index (χ1n) is 9.01. The molecule has 24 heavy (non-hydrogen) atoms. The molecule has 0 radical (unpaired) electrons. The van der Waals surface area contributed by atoms with E-state index in [4.69, 9.17) is 0 Å². The molecule has 0 aliphatic rings. The average Bonchev–Trinajstić information content (AvgIpc) is 2.64. The Morgan fingerprint density at radius 2 is 0.958 bits per heavy atom. The lowest BCUT2D eigenvalue weighted by atomic mass is 10.0. The third kappa shape index (κ3) is 5.98. The first-order valence-corrected chi connectivity index (χ1v) is 9.01. The standard InChI is InChI=1S/C24H26/c1-3-5-7-9-11-21-13-17-23(18-14-21)24-19-15-22(16-20-24)12-10-8-6-4-2/h13-20H,3-8H2,1-2H3. The Morgan fingerprint density at radius 1 is 0.583 bits per heavy atom. The van der Waals surface area contributed by atoms with Gasteiger partial charge in [-0.1, -0.05) is 74.6 Å². The minimum atomic E-state index is 0.985. The lowest BCUT2D eigenvalue weighted by molar-refractivity contribution is 0.828. The zero-order valence-electron chi connectivity index (χ0n) is 14.9. The number of hydrogen-bond acceptors (Lipinski definition) is 0. The van der Waals surface area contributed by atoms with E-state index in [-0.39, 0.29) is 0 Å². The maximum atomic E-state index is 3.23. The Hall–Kier alpha value is -2.44. The number of unbranched alkanes of at least 4 members (excludes halogenated alkanes) is 4. The van der Waals surface area contributed by atoms with E-state index in [1.807, 2.05) is 0 Å². The lowest BCUT2D eigenvalue weighted by Gasteiger charge is -2.02. The van der Waals surface area contributed by atoms with Crippen molar-refractivity contribution in [2.75, 3.05) is 0 Å². The lowest BCUT2D eigenvalue weighted by Crippen LogP contribution is -1.81. The second kappa shape index (κ2) is 10.4. The predicted octanol–water partition coefficient (Wildman–Crippen LogP) is 6.44. The molecule has 2 aromatic rings. The van der Waals surface area contributed by atoms with Crippen LogP contribution in [0.1, 0.15) is 63.5 Å². The van der Waals surface area contributed by atoms with E-state index in [1.165, 1.54) is 36.8 Å². The molecular formula is C24H26. The maximum Gasteiger partial charge on any atom is 0.0245 e. The minimum absolute atomic E-state index is 0.985. The number of rotatable bonds is 5. The quantitative estimate of drug-likeness (QED) is 0.440. The van der Waals surface area contributed by atoms with Crippen LogP contribution in [-0.4, -0.2) is 0 Å². The van der Waals surface area contributed by atoms with Crippen LogP contribution in [-0.2, 0) is 0 Å². The van der Waals surface area contributed by atoms with Gasteiger partial charge in [0.2, 0.25) is 0 Å². The van der Waals surface area contributed by atoms with Crippen LogP contribution in [0, 0.1) is 23.7 Å². The highest BCUT2D eigenvalue weighted by atomic mass is 14.0. The van der Waals surface area contributed by atoms with Crippen molar-refractivity contribution in [3.63, 3.8) is 0 Å². The maximum absolute atomic E-state index is 3.23. The van der Waals surface area contributed by atoms with Crippen molar-refractivity contribution in [2.24, 2.45) is 0 Å². The summed E-state index contributed by atoms with van der Waals surface area (Å²) in [6.07, 6.45) is 6.73. The van der Waals surface area contributed by atoms with Gasteiger partial charge < -0.3 is 0 Å². The molecule has 0 heteroatoms. The normalized spacial score (nSPS) is 9.58. The largest absolute Gasteiger partial charge is 0.0979 e. The molecule has 0 fully saturated rings. The summed E-state index contributed by atoms with van der Waals surface area (Å²) >= 11 is 0. The molecule has 0 spiro atoms. The molecule has 0 saturated carbocycles. The van der Waals surface area contributed by atoms with Gasteiger partial charge in [-0.2, -0.15) is 0 Å². The SMILES string of the molecule is CCCCC#Cc1ccc(-c2ccc(C#CCCCC)cc2)cc1. The summed E-state index contributed by atoms with van der Waals surface area (Å²) in [6, 6.07) is 17.0. The molecule has 0 atom stereocenters. The Kier molecular flexibility index (Phi) is 7.73. The number of benzene rings is 2. The van der Waals surface area contributed by atoms with Crippen LogP contribution >= 0.6 is 0 Å². The summed E-state index contributed by atoms with van der Waals surface area (Å²) in [5, 5.41) is 0. The van der Waals surface area contributed by atoms with Gasteiger partial charge in [-0.25, -0.2) is 0 Å². The van der Waals surface area contributed by atoms with E-state index >= 15 is 0 Å². The molecule has 0 nitrogen and oxygen atoms in total. The molecule has 122 valence electrons. The summed E-state index contributed by atoms with van der Waals surface area (Å²) in [4.78, 5) is 0. The van der Waals surface area contributed by atoms with Crippen molar-refractivity contribution in [2.45, 2.75) is 52.4 Å². The van der Waals surface area contributed by atoms with E-state index in [0.29, 0.717) is 0 Å². The molecule has 0 aromatic heterocycles. The smallest absolute Gasteiger partial charge is 0.0245 e. The fraction of sp³-hybridized carbons (Fsp3) is 0.333. The zero-order valence-corrected chi connectivity index (χ0v) is 14.9. The van der Waals surface area contributed by atoms with E-state index in [0.717, 1.165) is 24.0 Å². The first kappa shape index (κ1) is 17.9. The summed E-state index contributed by atoms with van der Waals surface area (Å²) in [5.41, 5.74) is 4.63. The molecule has 0 amide bonds. The highest BCUT2D eigenvalue weighted by Crippen LogP contribution is 2.20. The van der Waals surface area contributed by atoms with Crippen LogP contribution in [0.3, 0.4) is 0 Å². The van der Waals surface area contributed by atoms with Crippen LogP contribution in [0.5, 0.6) is 0 Å². The molecule has 0 N–H and O–H groups in total. The average molecular weight is 314 g/mol. The minimum Gasteiger partial charge on any atom is -0.0979 e. The monoisotopic (exact) mass is 314 g/mol. The van der Waals surface area contributed by atoms with Crippen molar-refractivity contribution in [1.29, 1.82) is 0 Å². The second-order valence-electron chi connectivity index (χ2n) is 5.97. The summed E-state index contributed by atoms with van der Waals surface area (Å²) in [7, 11) is 0. The first-order chi connectivity index (χ1) is 11.8. The van der Waals surface area contributed by atoms with E-state index in [2.05, 4.69) is 86.1 Å². The van der Waals surface area contributed by atoms with Gasteiger partial charge >= 0.3 is 0 Å². The molecule has 0 aliphatic heterocycles. The van der Waals surface area contributed by atoms with Gasteiger partial charge in [0.25, 0.3) is 0 Å². The van der Waals surface area contributed by atoms with Crippen molar-refractivity contribution >= 4 is 0 Å². The van der Waals surface area contributed by atoms with Gasteiger partial charge in [0.05, 0.1) is 0 Å². The third-order valence-electron chi connectivity index (χ3n) is 3.88. The van der Waals surface area contributed by atoms with E-state index < -0.39 is 0 Å². The molecular weight excluding hydrogens is 288 g/mol. The van der Waals surface area contributed by atoms with Gasteiger partial charge in [0.1, 0.15) is 0 Å². The molecule has 0 aliphatic carbocycles. The van der Waals surface area contributed by atoms with Gasteiger partial charge in [-0.15, -0.1) is 0 Å².